The maximum Gasteiger partial charge on any atom is 0.223 e. The first kappa shape index (κ1) is 10.8. The van der Waals surface area contributed by atoms with Gasteiger partial charge in [0.2, 0.25) is 5.95 Å². The lowest BCUT2D eigenvalue weighted by atomic mass is 10.3. The van der Waals surface area contributed by atoms with Crippen molar-refractivity contribution < 1.29 is 9.18 Å². The molecule has 0 N–H and O–H groups in total. The Morgan fingerprint density at radius 1 is 1.42 bits per heavy atom. The van der Waals surface area contributed by atoms with Gasteiger partial charge in [-0.2, -0.15) is 4.39 Å². The fourth-order valence-electron chi connectivity index (χ4n) is 0.624. The van der Waals surface area contributed by atoms with Crippen molar-refractivity contribution in [3.05, 3.63) is 29.3 Å². The first-order chi connectivity index (χ1) is 5.74. The van der Waals surface area contributed by atoms with E-state index in [0.29, 0.717) is 12.0 Å². The van der Waals surface area contributed by atoms with Crippen molar-refractivity contribution in [3.63, 3.8) is 0 Å². The molecule has 0 radical (unpaired) electrons. The Bertz CT molecular complexity index is 261. The second-order valence-corrected chi connectivity index (χ2v) is 1.95. The molecule has 0 aliphatic heterocycles. The summed E-state index contributed by atoms with van der Waals surface area (Å²) in [7, 11) is 0. The number of rotatable bonds is 1. The standard InChI is InChI=1S/C7H6FNO.C2H6/c1-5-2-3-6(4-10)7(8)9-5;1-2/h2-4H,1H3;1-2H3. The quantitative estimate of drug-likeness (QED) is 0.477. The van der Waals surface area contributed by atoms with Gasteiger partial charge in [0.05, 0.1) is 5.56 Å². The molecule has 3 heteroatoms. The summed E-state index contributed by atoms with van der Waals surface area (Å²) in [6.45, 7) is 5.66. The maximum atomic E-state index is 12.5. The average Bonchev–Trinajstić information content (AvgIpc) is 2.08. The van der Waals surface area contributed by atoms with E-state index in [-0.39, 0.29) is 5.56 Å². The van der Waals surface area contributed by atoms with Crippen molar-refractivity contribution in [1.82, 2.24) is 4.98 Å². The molecule has 0 aliphatic carbocycles. The molecule has 66 valence electrons. The van der Waals surface area contributed by atoms with Crippen LogP contribution in [0, 0.1) is 12.9 Å². The number of nitrogens with zero attached hydrogens (tertiary/aromatic N) is 1. The predicted octanol–water partition coefficient (Wildman–Crippen LogP) is 2.37. The van der Waals surface area contributed by atoms with E-state index in [1.807, 2.05) is 13.8 Å². The van der Waals surface area contributed by atoms with E-state index < -0.39 is 5.95 Å². The molecule has 0 aliphatic rings. The van der Waals surface area contributed by atoms with E-state index in [2.05, 4.69) is 4.98 Å². The second kappa shape index (κ2) is 5.41. The molecule has 1 heterocycles. The molecule has 0 saturated carbocycles. The molecule has 0 atom stereocenters. The minimum atomic E-state index is -0.699. The smallest absolute Gasteiger partial charge is 0.223 e. The van der Waals surface area contributed by atoms with E-state index in [0.717, 1.165) is 0 Å². The predicted molar refractivity (Wildman–Crippen MR) is 45.7 cm³/mol. The van der Waals surface area contributed by atoms with Gasteiger partial charge in [-0.05, 0) is 19.1 Å². The van der Waals surface area contributed by atoms with Crippen LogP contribution in [0.2, 0.25) is 0 Å². The van der Waals surface area contributed by atoms with E-state index in [1.54, 1.807) is 13.0 Å². The van der Waals surface area contributed by atoms with Gasteiger partial charge in [-0.25, -0.2) is 4.98 Å². The van der Waals surface area contributed by atoms with Crippen LogP contribution in [0.15, 0.2) is 12.1 Å². The van der Waals surface area contributed by atoms with E-state index in [1.165, 1.54) is 6.07 Å². The normalized spacial score (nSPS) is 8.33. The Balaban J connectivity index is 0.000000561. The summed E-state index contributed by atoms with van der Waals surface area (Å²) in [4.78, 5) is 13.5. The zero-order valence-electron chi connectivity index (χ0n) is 7.47. The first-order valence-corrected chi connectivity index (χ1v) is 3.82. The third kappa shape index (κ3) is 2.78. The van der Waals surface area contributed by atoms with Crippen LogP contribution in [-0.4, -0.2) is 11.3 Å². The third-order valence-electron chi connectivity index (χ3n) is 1.14. The topological polar surface area (TPSA) is 30.0 Å². The summed E-state index contributed by atoms with van der Waals surface area (Å²) in [5, 5.41) is 0. The second-order valence-electron chi connectivity index (χ2n) is 1.95. The first-order valence-electron chi connectivity index (χ1n) is 3.82. The SMILES string of the molecule is CC.Cc1ccc(C=O)c(F)n1. The molecule has 1 aromatic heterocycles. The highest BCUT2D eigenvalue weighted by atomic mass is 19.1. The number of pyridine rings is 1. The van der Waals surface area contributed by atoms with Gasteiger partial charge in [0, 0.05) is 5.69 Å². The molecule has 0 unspecified atom stereocenters. The molecule has 0 fully saturated rings. The summed E-state index contributed by atoms with van der Waals surface area (Å²) in [6, 6.07) is 3.00. The highest BCUT2D eigenvalue weighted by Crippen LogP contribution is 2.01. The number of hydrogen-bond donors (Lipinski definition) is 0. The van der Waals surface area contributed by atoms with Crippen LogP contribution < -0.4 is 0 Å². The minimum absolute atomic E-state index is 0.00519. The summed E-state index contributed by atoms with van der Waals surface area (Å²) in [6.07, 6.45) is 0.446. The van der Waals surface area contributed by atoms with Gasteiger partial charge in [0.25, 0.3) is 0 Å². The lowest BCUT2D eigenvalue weighted by molar-refractivity contribution is 0.111. The number of aryl methyl sites for hydroxylation is 1. The highest BCUT2D eigenvalue weighted by Gasteiger charge is 1.99. The monoisotopic (exact) mass is 169 g/mol. The zero-order valence-corrected chi connectivity index (χ0v) is 7.47. The maximum absolute atomic E-state index is 12.5. The van der Waals surface area contributed by atoms with Gasteiger partial charge in [-0.1, -0.05) is 13.8 Å². The highest BCUT2D eigenvalue weighted by molar-refractivity contribution is 5.74. The van der Waals surface area contributed by atoms with Crippen molar-refractivity contribution in [1.29, 1.82) is 0 Å². The third-order valence-corrected chi connectivity index (χ3v) is 1.14. The number of halogens is 1. The summed E-state index contributed by atoms with van der Waals surface area (Å²) >= 11 is 0. The van der Waals surface area contributed by atoms with Crippen LogP contribution in [0.3, 0.4) is 0 Å². The number of carbonyl (C=O) groups is 1. The lowest BCUT2D eigenvalue weighted by Gasteiger charge is -1.93. The Hall–Kier alpha value is -1.25. The van der Waals surface area contributed by atoms with Crippen LogP contribution >= 0.6 is 0 Å². The molecule has 1 rings (SSSR count). The number of aldehydes is 1. The zero-order chi connectivity index (χ0) is 9.56. The largest absolute Gasteiger partial charge is 0.298 e. The summed E-state index contributed by atoms with van der Waals surface area (Å²) in [5.74, 6) is -0.699. The van der Waals surface area contributed by atoms with Gasteiger partial charge in [-0.15, -0.1) is 0 Å². The Morgan fingerprint density at radius 2 is 2.00 bits per heavy atom. The molecule has 2 nitrogen and oxygen atoms in total. The van der Waals surface area contributed by atoms with Gasteiger partial charge >= 0.3 is 0 Å². The number of hydrogen-bond acceptors (Lipinski definition) is 2. The van der Waals surface area contributed by atoms with Crippen LogP contribution in [0.4, 0.5) is 4.39 Å². The summed E-state index contributed by atoms with van der Waals surface area (Å²) in [5.41, 5.74) is 0.578. The van der Waals surface area contributed by atoms with E-state index in [9.17, 15) is 9.18 Å². The van der Waals surface area contributed by atoms with Crippen molar-refractivity contribution in [2.75, 3.05) is 0 Å². The molecule has 0 aromatic carbocycles. The fraction of sp³-hybridized carbons (Fsp3) is 0.333. The molecule has 0 amide bonds. The average molecular weight is 169 g/mol. The molecular formula is C9H12FNO. The van der Waals surface area contributed by atoms with Crippen LogP contribution in [-0.2, 0) is 0 Å². The molecule has 0 bridgehead atoms. The van der Waals surface area contributed by atoms with Crippen molar-refractivity contribution in [2.45, 2.75) is 20.8 Å². The lowest BCUT2D eigenvalue weighted by Crippen LogP contribution is -1.92. The van der Waals surface area contributed by atoms with Gasteiger partial charge in [0.1, 0.15) is 0 Å². The van der Waals surface area contributed by atoms with Gasteiger partial charge in [0.15, 0.2) is 6.29 Å². The molecular weight excluding hydrogens is 157 g/mol. The number of carbonyl (C=O) groups excluding carboxylic acids is 1. The fourth-order valence-corrected chi connectivity index (χ4v) is 0.624. The Morgan fingerprint density at radius 3 is 2.42 bits per heavy atom. The molecule has 1 aromatic rings. The van der Waals surface area contributed by atoms with Crippen LogP contribution in [0.1, 0.15) is 29.9 Å². The van der Waals surface area contributed by atoms with Gasteiger partial charge in [-0.3, -0.25) is 4.79 Å². The minimum Gasteiger partial charge on any atom is -0.298 e. The Labute approximate surface area is 71.4 Å². The van der Waals surface area contributed by atoms with Crippen molar-refractivity contribution in [3.8, 4) is 0 Å². The summed E-state index contributed by atoms with van der Waals surface area (Å²) < 4.78 is 12.5. The van der Waals surface area contributed by atoms with Crippen molar-refractivity contribution in [2.24, 2.45) is 0 Å². The molecule has 0 spiro atoms. The molecule has 12 heavy (non-hydrogen) atoms. The van der Waals surface area contributed by atoms with Crippen LogP contribution in [0.25, 0.3) is 0 Å². The Kier molecular flexibility index (Phi) is 4.84. The van der Waals surface area contributed by atoms with Gasteiger partial charge < -0.3 is 0 Å². The molecule has 0 saturated heterocycles. The van der Waals surface area contributed by atoms with Crippen LogP contribution in [0.5, 0.6) is 0 Å². The number of aromatic nitrogens is 1. The van der Waals surface area contributed by atoms with E-state index >= 15 is 0 Å². The van der Waals surface area contributed by atoms with Crippen molar-refractivity contribution >= 4 is 6.29 Å². The van der Waals surface area contributed by atoms with E-state index in [4.69, 9.17) is 0 Å².